The van der Waals surface area contributed by atoms with Crippen LogP contribution >= 0.6 is 0 Å². The Balaban J connectivity index is 2.11. The maximum Gasteiger partial charge on any atom is 0.0574 e. The van der Waals surface area contributed by atoms with Gasteiger partial charge in [-0.15, -0.1) is 0 Å². The lowest BCUT2D eigenvalue weighted by Gasteiger charge is -2.23. The summed E-state index contributed by atoms with van der Waals surface area (Å²) in [5, 5.41) is 3.29. The second kappa shape index (κ2) is 5.50. The van der Waals surface area contributed by atoms with Gasteiger partial charge >= 0.3 is 0 Å². The number of pyridine rings is 1. The van der Waals surface area contributed by atoms with E-state index in [0.717, 1.165) is 24.7 Å². The minimum Gasteiger partial charge on any atom is -0.368 e. The van der Waals surface area contributed by atoms with Crippen LogP contribution in [0.2, 0.25) is 0 Å². The van der Waals surface area contributed by atoms with E-state index in [4.69, 9.17) is 0 Å². The Bertz CT molecular complexity index is 339. The van der Waals surface area contributed by atoms with Crippen molar-refractivity contribution in [3.05, 3.63) is 24.0 Å². The Hall–Kier alpha value is -1.09. The first-order chi connectivity index (χ1) is 8.30. The molecule has 1 unspecified atom stereocenters. The first-order valence-electron chi connectivity index (χ1n) is 6.70. The highest BCUT2D eigenvalue weighted by Crippen LogP contribution is 2.31. The number of hydrogen-bond donors (Lipinski definition) is 1. The highest BCUT2D eigenvalue weighted by molar-refractivity contribution is 5.47. The molecule has 1 aromatic heterocycles. The minimum atomic E-state index is 0.375. The van der Waals surface area contributed by atoms with Crippen LogP contribution in [-0.4, -0.2) is 24.6 Å². The van der Waals surface area contributed by atoms with E-state index in [1.807, 2.05) is 13.2 Å². The second-order valence-electron chi connectivity index (χ2n) is 4.71. The SMILES string of the molecule is CCC(NC)c1ccc(N(CC)C2CC2)cn1. The van der Waals surface area contributed by atoms with Gasteiger partial charge in [0.1, 0.15) is 0 Å². The van der Waals surface area contributed by atoms with Crippen molar-refractivity contribution in [1.29, 1.82) is 0 Å². The van der Waals surface area contributed by atoms with Gasteiger partial charge in [-0.1, -0.05) is 6.92 Å². The predicted octanol–water partition coefficient (Wildman–Crippen LogP) is 2.74. The van der Waals surface area contributed by atoms with E-state index in [0.29, 0.717) is 6.04 Å². The highest BCUT2D eigenvalue weighted by atomic mass is 15.2. The molecule has 1 N–H and O–H groups in total. The third kappa shape index (κ3) is 2.78. The summed E-state index contributed by atoms with van der Waals surface area (Å²) in [6.07, 6.45) is 5.77. The number of hydrogen-bond acceptors (Lipinski definition) is 3. The van der Waals surface area contributed by atoms with E-state index >= 15 is 0 Å². The van der Waals surface area contributed by atoms with Crippen LogP contribution < -0.4 is 10.2 Å². The summed E-state index contributed by atoms with van der Waals surface area (Å²) < 4.78 is 0. The van der Waals surface area contributed by atoms with E-state index in [2.05, 4.69) is 41.2 Å². The standard InChI is InChI=1S/C14H23N3/c1-4-13(15-3)14-9-8-12(10-16-14)17(5-2)11-6-7-11/h8-11,13,15H,4-7H2,1-3H3. The van der Waals surface area contributed by atoms with Crippen molar-refractivity contribution in [3.8, 4) is 0 Å². The van der Waals surface area contributed by atoms with Gasteiger partial charge in [0.05, 0.1) is 17.6 Å². The molecule has 0 amide bonds. The fourth-order valence-corrected chi connectivity index (χ4v) is 2.37. The number of nitrogens with zero attached hydrogens (tertiary/aromatic N) is 2. The molecule has 1 saturated carbocycles. The van der Waals surface area contributed by atoms with Gasteiger partial charge in [-0.05, 0) is 45.4 Å². The minimum absolute atomic E-state index is 0.375. The van der Waals surface area contributed by atoms with Crippen LogP contribution in [0.5, 0.6) is 0 Å². The first-order valence-corrected chi connectivity index (χ1v) is 6.70. The quantitative estimate of drug-likeness (QED) is 0.819. The molecule has 0 radical (unpaired) electrons. The molecule has 3 nitrogen and oxygen atoms in total. The van der Waals surface area contributed by atoms with Crippen LogP contribution in [0, 0.1) is 0 Å². The third-order valence-electron chi connectivity index (χ3n) is 3.54. The van der Waals surface area contributed by atoms with Gasteiger partial charge in [0.25, 0.3) is 0 Å². The van der Waals surface area contributed by atoms with E-state index in [9.17, 15) is 0 Å². The number of nitrogens with one attached hydrogen (secondary N) is 1. The maximum absolute atomic E-state index is 4.60. The van der Waals surface area contributed by atoms with E-state index in [1.165, 1.54) is 18.5 Å². The van der Waals surface area contributed by atoms with Crippen molar-refractivity contribution < 1.29 is 0 Å². The summed E-state index contributed by atoms with van der Waals surface area (Å²) in [5.41, 5.74) is 2.41. The van der Waals surface area contributed by atoms with Crippen LogP contribution in [0.25, 0.3) is 0 Å². The molecule has 0 aliphatic heterocycles. The van der Waals surface area contributed by atoms with Crippen molar-refractivity contribution >= 4 is 5.69 Å². The van der Waals surface area contributed by atoms with Crippen LogP contribution in [-0.2, 0) is 0 Å². The molecule has 1 aliphatic rings. The molecule has 0 spiro atoms. The highest BCUT2D eigenvalue weighted by Gasteiger charge is 2.28. The Labute approximate surface area is 104 Å². The Morgan fingerprint density at radius 1 is 1.41 bits per heavy atom. The number of aromatic nitrogens is 1. The number of anilines is 1. The fraction of sp³-hybridized carbons (Fsp3) is 0.643. The normalized spacial score (nSPS) is 16.9. The largest absolute Gasteiger partial charge is 0.368 e. The summed E-state index contributed by atoms with van der Waals surface area (Å²) in [5.74, 6) is 0. The fourth-order valence-electron chi connectivity index (χ4n) is 2.37. The Kier molecular flexibility index (Phi) is 4.00. The summed E-state index contributed by atoms with van der Waals surface area (Å²) in [4.78, 5) is 7.05. The molecule has 94 valence electrons. The maximum atomic E-state index is 4.60. The van der Waals surface area contributed by atoms with Crippen LogP contribution in [0.3, 0.4) is 0 Å². The van der Waals surface area contributed by atoms with Gasteiger partial charge in [0.15, 0.2) is 0 Å². The van der Waals surface area contributed by atoms with Crippen LogP contribution in [0.4, 0.5) is 5.69 Å². The molecule has 0 saturated heterocycles. The van der Waals surface area contributed by atoms with Crippen molar-refractivity contribution in [1.82, 2.24) is 10.3 Å². The monoisotopic (exact) mass is 233 g/mol. The molecular weight excluding hydrogens is 210 g/mol. The third-order valence-corrected chi connectivity index (χ3v) is 3.54. The molecule has 1 fully saturated rings. The summed E-state index contributed by atoms with van der Waals surface area (Å²) in [6, 6.07) is 5.51. The molecule has 2 rings (SSSR count). The zero-order valence-corrected chi connectivity index (χ0v) is 11.1. The van der Waals surface area contributed by atoms with Gasteiger partial charge in [-0.2, -0.15) is 0 Å². The average Bonchev–Trinajstić information content (AvgIpc) is 3.18. The van der Waals surface area contributed by atoms with Gasteiger partial charge in [0, 0.05) is 18.6 Å². The van der Waals surface area contributed by atoms with Crippen molar-refractivity contribution in [2.45, 2.75) is 45.2 Å². The van der Waals surface area contributed by atoms with Crippen molar-refractivity contribution in [2.24, 2.45) is 0 Å². The Morgan fingerprint density at radius 3 is 2.59 bits per heavy atom. The average molecular weight is 233 g/mol. The smallest absolute Gasteiger partial charge is 0.0574 e. The van der Waals surface area contributed by atoms with Gasteiger partial charge < -0.3 is 10.2 Å². The van der Waals surface area contributed by atoms with Crippen LogP contribution in [0.15, 0.2) is 18.3 Å². The van der Waals surface area contributed by atoms with Crippen molar-refractivity contribution in [2.75, 3.05) is 18.5 Å². The van der Waals surface area contributed by atoms with E-state index in [1.54, 1.807) is 0 Å². The van der Waals surface area contributed by atoms with Gasteiger partial charge in [0.2, 0.25) is 0 Å². The Morgan fingerprint density at radius 2 is 2.18 bits per heavy atom. The lowest BCUT2D eigenvalue weighted by atomic mass is 10.1. The lowest BCUT2D eigenvalue weighted by molar-refractivity contribution is 0.561. The zero-order chi connectivity index (χ0) is 12.3. The van der Waals surface area contributed by atoms with Crippen LogP contribution in [0.1, 0.15) is 44.8 Å². The summed E-state index contributed by atoms with van der Waals surface area (Å²) in [6.45, 7) is 5.48. The topological polar surface area (TPSA) is 28.2 Å². The molecular formula is C14H23N3. The zero-order valence-electron chi connectivity index (χ0n) is 11.1. The molecule has 1 atom stereocenters. The molecule has 1 aromatic rings. The van der Waals surface area contributed by atoms with Gasteiger partial charge in [-0.3, -0.25) is 4.98 Å². The predicted molar refractivity (Wildman–Crippen MR) is 72.4 cm³/mol. The second-order valence-corrected chi connectivity index (χ2v) is 4.71. The molecule has 17 heavy (non-hydrogen) atoms. The first kappa shape index (κ1) is 12.4. The lowest BCUT2D eigenvalue weighted by Crippen LogP contribution is -2.25. The van der Waals surface area contributed by atoms with E-state index < -0.39 is 0 Å². The molecule has 0 bridgehead atoms. The number of rotatable bonds is 6. The molecule has 0 aromatic carbocycles. The van der Waals surface area contributed by atoms with Gasteiger partial charge in [-0.25, -0.2) is 0 Å². The summed E-state index contributed by atoms with van der Waals surface area (Å²) >= 11 is 0. The van der Waals surface area contributed by atoms with E-state index in [-0.39, 0.29) is 0 Å². The summed E-state index contributed by atoms with van der Waals surface area (Å²) in [7, 11) is 1.99. The molecule has 1 aliphatic carbocycles. The molecule has 3 heteroatoms. The van der Waals surface area contributed by atoms with Crippen molar-refractivity contribution in [3.63, 3.8) is 0 Å². The molecule has 1 heterocycles.